The minimum absolute atomic E-state index is 0.0479. The molecule has 1 amide bonds. The Bertz CT molecular complexity index is 633. The van der Waals surface area contributed by atoms with Crippen molar-refractivity contribution < 1.29 is 13.2 Å². The van der Waals surface area contributed by atoms with Gasteiger partial charge in [-0.25, -0.2) is 13.1 Å². The van der Waals surface area contributed by atoms with Crippen LogP contribution in [0.2, 0.25) is 5.02 Å². The maximum Gasteiger partial charge on any atom is 0.255 e. The Kier molecular flexibility index (Phi) is 5.83. The lowest BCUT2D eigenvalue weighted by atomic mass is 9.98. The number of carbonyl (C=O) groups is 1. The van der Waals surface area contributed by atoms with Gasteiger partial charge in [0.15, 0.2) is 0 Å². The molecular formula is C15H21ClN2O3S. The van der Waals surface area contributed by atoms with Crippen molar-refractivity contribution in [3.05, 3.63) is 34.9 Å². The highest BCUT2D eigenvalue weighted by atomic mass is 35.5. The Morgan fingerprint density at radius 3 is 2.77 bits per heavy atom. The lowest BCUT2D eigenvalue weighted by Crippen LogP contribution is -2.45. The van der Waals surface area contributed by atoms with E-state index in [0.717, 1.165) is 25.5 Å². The van der Waals surface area contributed by atoms with Crippen molar-refractivity contribution in [3.63, 3.8) is 0 Å². The highest BCUT2D eigenvalue weighted by Gasteiger charge is 2.28. The summed E-state index contributed by atoms with van der Waals surface area (Å²) in [5.41, 5.74) is 0.507. The van der Waals surface area contributed by atoms with Gasteiger partial charge < -0.3 is 4.90 Å². The van der Waals surface area contributed by atoms with Gasteiger partial charge in [-0.1, -0.05) is 23.7 Å². The van der Waals surface area contributed by atoms with E-state index >= 15 is 0 Å². The van der Waals surface area contributed by atoms with Crippen LogP contribution in [-0.4, -0.2) is 44.6 Å². The van der Waals surface area contributed by atoms with Gasteiger partial charge in [-0.05, 0) is 37.8 Å². The average Bonchev–Trinajstić information content (AvgIpc) is 2.46. The fraction of sp³-hybridized carbons (Fsp3) is 0.533. The van der Waals surface area contributed by atoms with Gasteiger partial charge in [-0.2, -0.15) is 0 Å². The number of likely N-dealkylation sites (tertiary alicyclic amines) is 1. The largest absolute Gasteiger partial charge is 0.336 e. The molecule has 1 unspecified atom stereocenters. The molecule has 7 heteroatoms. The summed E-state index contributed by atoms with van der Waals surface area (Å²) in [6, 6.07) is 7.07. The molecule has 1 atom stereocenters. The normalized spacial score (nSPS) is 19.2. The number of piperidine rings is 1. The van der Waals surface area contributed by atoms with Crippen molar-refractivity contribution in [1.82, 2.24) is 9.62 Å². The lowest BCUT2D eigenvalue weighted by Gasteiger charge is -2.36. The van der Waals surface area contributed by atoms with Crippen LogP contribution in [0, 0.1) is 0 Å². The summed E-state index contributed by atoms with van der Waals surface area (Å²) < 4.78 is 24.8. The molecule has 0 bridgehead atoms. The number of benzene rings is 1. The van der Waals surface area contributed by atoms with Crippen LogP contribution in [-0.2, 0) is 10.0 Å². The van der Waals surface area contributed by atoms with Crippen molar-refractivity contribution in [2.24, 2.45) is 0 Å². The number of halogens is 1. The fourth-order valence-electron chi connectivity index (χ4n) is 2.77. The Morgan fingerprint density at radius 2 is 2.09 bits per heavy atom. The molecule has 1 aliphatic rings. The average molecular weight is 345 g/mol. The van der Waals surface area contributed by atoms with Crippen molar-refractivity contribution >= 4 is 27.5 Å². The first kappa shape index (κ1) is 17.2. The third kappa shape index (κ3) is 4.69. The summed E-state index contributed by atoms with van der Waals surface area (Å²) in [4.78, 5) is 14.5. The molecule has 1 aliphatic heterocycles. The van der Waals surface area contributed by atoms with Crippen LogP contribution >= 0.6 is 11.6 Å². The molecule has 1 saturated heterocycles. The first-order chi connectivity index (χ1) is 10.4. The molecule has 1 aromatic carbocycles. The molecule has 1 fully saturated rings. The van der Waals surface area contributed by atoms with Gasteiger partial charge in [-0.3, -0.25) is 4.79 Å². The van der Waals surface area contributed by atoms with Crippen molar-refractivity contribution in [2.75, 3.05) is 19.3 Å². The summed E-state index contributed by atoms with van der Waals surface area (Å²) in [6.45, 7) is 1.03. The molecule has 122 valence electrons. The van der Waals surface area contributed by atoms with Crippen LogP contribution in [0.5, 0.6) is 0 Å². The second-order valence-corrected chi connectivity index (χ2v) is 7.82. The monoisotopic (exact) mass is 344 g/mol. The second-order valence-electron chi connectivity index (χ2n) is 5.58. The predicted molar refractivity (Wildman–Crippen MR) is 87.6 cm³/mol. The highest BCUT2D eigenvalue weighted by Crippen LogP contribution is 2.24. The second kappa shape index (κ2) is 7.44. The molecule has 2 rings (SSSR count). The van der Waals surface area contributed by atoms with E-state index in [1.54, 1.807) is 24.3 Å². The molecule has 1 aromatic rings. The van der Waals surface area contributed by atoms with E-state index in [1.807, 2.05) is 4.90 Å². The van der Waals surface area contributed by atoms with E-state index in [0.29, 0.717) is 30.1 Å². The number of nitrogens with zero attached hydrogens (tertiary/aromatic N) is 1. The molecular weight excluding hydrogens is 324 g/mol. The molecule has 0 radical (unpaired) electrons. The number of hydrogen-bond donors (Lipinski definition) is 1. The molecule has 0 aromatic heterocycles. The molecule has 1 heterocycles. The van der Waals surface area contributed by atoms with E-state index in [1.165, 1.54) is 0 Å². The van der Waals surface area contributed by atoms with Crippen LogP contribution in [0.4, 0.5) is 0 Å². The number of sulfonamides is 1. The first-order valence-corrected chi connectivity index (χ1v) is 9.65. The summed E-state index contributed by atoms with van der Waals surface area (Å²) in [7, 11) is -3.20. The van der Waals surface area contributed by atoms with Crippen LogP contribution in [0.1, 0.15) is 36.0 Å². The minimum Gasteiger partial charge on any atom is -0.336 e. The molecule has 0 aliphatic carbocycles. The smallest absolute Gasteiger partial charge is 0.255 e. The third-order valence-corrected chi connectivity index (χ3v) is 4.89. The topological polar surface area (TPSA) is 66.5 Å². The first-order valence-electron chi connectivity index (χ1n) is 7.38. The van der Waals surface area contributed by atoms with Gasteiger partial charge in [-0.15, -0.1) is 0 Å². The number of hydrogen-bond acceptors (Lipinski definition) is 3. The fourth-order valence-corrected chi connectivity index (χ4v) is 3.47. The Balaban J connectivity index is 2.06. The standard InChI is InChI=1S/C15H21ClN2O3S/c1-22(20,21)17-10-9-12-6-4-5-11-18(12)15(19)13-7-2-3-8-14(13)16/h2-3,7-8,12,17H,4-6,9-11H2,1H3. The van der Waals surface area contributed by atoms with Gasteiger partial charge in [0.05, 0.1) is 16.8 Å². The van der Waals surface area contributed by atoms with Crippen LogP contribution in [0.25, 0.3) is 0 Å². The molecule has 5 nitrogen and oxygen atoms in total. The zero-order valence-corrected chi connectivity index (χ0v) is 14.2. The molecule has 1 N–H and O–H groups in total. The number of carbonyl (C=O) groups excluding carboxylic acids is 1. The van der Waals surface area contributed by atoms with Gasteiger partial charge in [0.2, 0.25) is 10.0 Å². The zero-order chi connectivity index (χ0) is 16.2. The maximum atomic E-state index is 12.7. The van der Waals surface area contributed by atoms with E-state index in [-0.39, 0.29) is 11.9 Å². The summed E-state index contributed by atoms with van der Waals surface area (Å²) in [6.07, 6.45) is 4.66. The number of nitrogens with one attached hydrogen (secondary N) is 1. The number of amides is 1. The zero-order valence-electron chi connectivity index (χ0n) is 12.6. The number of rotatable bonds is 5. The van der Waals surface area contributed by atoms with E-state index in [9.17, 15) is 13.2 Å². The van der Waals surface area contributed by atoms with Gasteiger partial charge in [0, 0.05) is 19.1 Å². The maximum absolute atomic E-state index is 12.7. The highest BCUT2D eigenvalue weighted by molar-refractivity contribution is 7.88. The van der Waals surface area contributed by atoms with E-state index in [2.05, 4.69) is 4.72 Å². The van der Waals surface area contributed by atoms with E-state index < -0.39 is 10.0 Å². The van der Waals surface area contributed by atoms with Gasteiger partial charge >= 0.3 is 0 Å². The Hall–Kier alpha value is -1.11. The third-order valence-electron chi connectivity index (χ3n) is 3.83. The molecule has 0 saturated carbocycles. The predicted octanol–water partition coefficient (Wildman–Crippen LogP) is 2.27. The molecule has 22 heavy (non-hydrogen) atoms. The van der Waals surface area contributed by atoms with Crippen LogP contribution in [0.3, 0.4) is 0 Å². The summed E-state index contributed by atoms with van der Waals surface area (Å²) in [5.74, 6) is -0.0744. The van der Waals surface area contributed by atoms with Crippen LogP contribution in [0.15, 0.2) is 24.3 Å². The molecule has 0 spiro atoms. The SMILES string of the molecule is CS(=O)(=O)NCCC1CCCCN1C(=O)c1ccccc1Cl. The van der Waals surface area contributed by atoms with Crippen LogP contribution < -0.4 is 4.72 Å². The van der Waals surface area contributed by atoms with Crippen molar-refractivity contribution in [2.45, 2.75) is 31.7 Å². The van der Waals surface area contributed by atoms with Crippen molar-refractivity contribution in [3.8, 4) is 0 Å². The Morgan fingerprint density at radius 1 is 1.36 bits per heavy atom. The summed E-state index contributed by atoms with van der Waals surface area (Å²) >= 11 is 6.11. The van der Waals surface area contributed by atoms with E-state index in [4.69, 9.17) is 11.6 Å². The van der Waals surface area contributed by atoms with Gasteiger partial charge in [0.25, 0.3) is 5.91 Å². The summed E-state index contributed by atoms with van der Waals surface area (Å²) in [5, 5.41) is 0.450. The Labute approximate surface area is 136 Å². The van der Waals surface area contributed by atoms with Gasteiger partial charge in [0.1, 0.15) is 0 Å². The lowest BCUT2D eigenvalue weighted by molar-refractivity contribution is 0.0604. The van der Waals surface area contributed by atoms with Crippen molar-refractivity contribution in [1.29, 1.82) is 0 Å². The minimum atomic E-state index is -3.20. The quantitative estimate of drug-likeness (QED) is 0.891.